The van der Waals surface area contributed by atoms with Gasteiger partial charge in [-0.15, -0.1) is 0 Å². The first kappa shape index (κ1) is 15.7. The smallest absolute Gasteiger partial charge is 0.330 e. The van der Waals surface area contributed by atoms with E-state index < -0.39 is 18.0 Å². The highest BCUT2D eigenvalue weighted by atomic mass is 32.2. The summed E-state index contributed by atoms with van der Waals surface area (Å²) in [5.41, 5.74) is 0.563. The molecule has 0 radical (unpaired) electrons. The average Bonchev–Trinajstić information content (AvgIpc) is 2.92. The minimum Gasteiger partial charge on any atom is -0.479 e. The molecule has 3 N–H and O–H groups in total. The van der Waals surface area contributed by atoms with E-state index in [1.54, 1.807) is 36.0 Å². The Balaban J connectivity index is 1.97. The van der Waals surface area contributed by atoms with Crippen molar-refractivity contribution in [2.24, 2.45) is 0 Å². The lowest BCUT2D eigenvalue weighted by Gasteiger charge is -2.21. The fraction of sp³-hybridized carbons (Fsp3) is 0.467. The van der Waals surface area contributed by atoms with E-state index >= 15 is 0 Å². The molecule has 1 aromatic rings. The Morgan fingerprint density at radius 3 is 2.62 bits per heavy atom. The minimum atomic E-state index is -1.07. The molecular weight excluding hydrogens is 288 g/mol. The number of nitrogens with one attached hydrogen (secondary N) is 2. The van der Waals surface area contributed by atoms with Gasteiger partial charge in [0.25, 0.3) is 0 Å². The van der Waals surface area contributed by atoms with Crippen molar-refractivity contribution in [1.29, 1.82) is 0 Å². The average molecular weight is 308 g/mol. The second-order valence-corrected chi connectivity index (χ2v) is 6.19. The number of benzene rings is 1. The Morgan fingerprint density at radius 2 is 2.00 bits per heavy atom. The SMILES string of the molecule is CSC1CCCC1NC(=O)N[C@@H](C(=O)O)c1ccccc1. The zero-order valence-corrected chi connectivity index (χ0v) is 12.7. The van der Waals surface area contributed by atoms with Crippen molar-refractivity contribution in [1.82, 2.24) is 10.6 Å². The van der Waals surface area contributed by atoms with Gasteiger partial charge in [0.05, 0.1) is 0 Å². The van der Waals surface area contributed by atoms with Gasteiger partial charge in [0, 0.05) is 11.3 Å². The van der Waals surface area contributed by atoms with Crippen molar-refractivity contribution >= 4 is 23.8 Å². The second-order valence-electron chi connectivity index (χ2n) is 5.11. The molecule has 1 aliphatic rings. The lowest BCUT2D eigenvalue weighted by Crippen LogP contribution is -2.47. The molecule has 1 aliphatic carbocycles. The summed E-state index contributed by atoms with van der Waals surface area (Å²) in [6, 6.07) is 7.38. The summed E-state index contributed by atoms with van der Waals surface area (Å²) in [6.07, 6.45) is 5.17. The van der Waals surface area contributed by atoms with Gasteiger partial charge in [0.15, 0.2) is 6.04 Å². The van der Waals surface area contributed by atoms with E-state index in [-0.39, 0.29) is 6.04 Å². The molecule has 0 saturated heterocycles. The maximum absolute atomic E-state index is 12.1. The number of thioether (sulfide) groups is 1. The Bertz CT molecular complexity index is 495. The molecule has 2 amide bonds. The number of aliphatic carboxylic acids is 1. The van der Waals surface area contributed by atoms with Gasteiger partial charge in [-0.3, -0.25) is 0 Å². The molecule has 2 rings (SSSR count). The number of urea groups is 1. The highest BCUT2D eigenvalue weighted by Crippen LogP contribution is 2.28. The largest absolute Gasteiger partial charge is 0.479 e. The summed E-state index contributed by atoms with van der Waals surface area (Å²) in [5.74, 6) is -1.07. The number of hydrogen-bond donors (Lipinski definition) is 3. The molecule has 1 aromatic carbocycles. The number of carbonyl (C=O) groups is 2. The first-order valence-corrected chi connectivity index (χ1v) is 8.28. The highest BCUT2D eigenvalue weighted by molar-refractivity contribution is 7.99. The zero-order valence-electron chi connectivity index (χ0n) is 11.9. The summed E-state index contributed by atoms with van der Waals surface area (Å²) in [5, 5.41) is 15.1. The molecule has 6 heteroatoms. The van der Waals surface area contributed by atoms with Gasteiger partial charge >= 0.3 is 12.0 Å². The van der Waals surface area contributed by atoms with Crippen LogP contribution >= 0.6 is 11.8 Å². The van der Waals surface area contributed by atoms with Crippen LogP contribution in [0.5, 0.6) is 0 Å². The van der Waals surface area contributed by atoms with Crippen molar-refractivity contribution < 1.29 is 14.7 Å². The van der Waals surface area contributed by atoms with Crippen molar-refractivity contribution in [3.8, 4) is 0 Å². The third-order valence-electron chi connectivity index (χ3n) is 3.73. The number of amides is 2. The number of carboxylic acids is 1. The van der Waals surface area contributed by atoms with Gasteiger partial charge in [-0.1, -0.05) is 36.8 Å². The van der Waals surface area contributed by atoms with Crippen LogP contribution in [0, 0.1) is 0 Å². The maximum atomic E-state index is 12.1. The fourth-order valence-corrected chi connectivity index (χ4v) is 3.58. The lowest BCUT2D eigenvalue weighted by atomic mass is 10.1. The van der Waals surface area contributed by atoms with Crippen LogP contribution in [0.4, 0.5) is 4.79 Å². The Labute approximate surface area is 128 Å². The molecule has 21 heavy (non-hydrogen) atoms. The quantitative estimate of drug-likeness (QED) is 0.780. The van der Waals surface area contributed by atoms with Gasteiger partial charge in [-0.25, -0.2) is 9.59 Å². The third-order valence-corrected chi connectivity index (χ3v) is 4.90. The van der Waals surface area contributed by atoms with Crippen LogP contribution in [0.3, 0.4) is 0 Å². The predicted molar refractivity (Wildman–Crippen MR) is 83.4 cm³/mol. The second kappa shape index (κ2) is 7.36. The number of carboxylic acid groups (broad SMARTS) is 1. The van der Waals surface area contributed by atoms with Crippen LogP contribution in [-0.4, -0.2) is 34.7 Å². The van der Waals surface area contributed by atoms with Crippen molar-refractivity contribution in [3.05, 3.63) is 35.9 Å². The van der Waals surface area contributed by atoms with Crippen molar-refractivity contribution in [3.63, 3.8) is 0 Å². The van der Waals surface area contributed by atoms with Gasteiger partial charge < -0.3 is 15.7 Å². The summed E-state index contributed by atoms with van der Waals surface area (Å²) >= 11 is 1.75. The molecular formula is C15H20N2O3S. The monoisotopic (exact) mass is 308 g/mol. The lowest BCUT2D eigenvalue weighted by molar-refractivity contribution is -0.139. The molecule has 3 atom stereocenters. The topological polar surface area (TPSA) is 78.4 Å². The number of carbonyl (C=O) groups excluding carboxylic acids is 1. The van der Waals surface area contributed by atoms with Crippen molar-refractivity contribution in [2.75, 3.05) is 6.26 Å². The first-order chi connectivity index (χ1) is 10.1. The van der Waals surface area contributed by atoms with E-state index in [1.165, 1.54) is 0 Å². The Kier molecular flexibility index (Phi) is 5.50. The maximum Gasteiger partial charge on any atom is 0.330 e. The zero-order chi connectivity index (χ0) is 15.2. The summed E-state index contributed by atoms with van der Waals surface area (Å²) in [4.78, 5) is 23.4. The molecule has 0 aromatic heterocycles. The van der Waals surface area contributed by atoms with E-state index in [0.717, 1.165) is 19.3 Å². The molecule has 1 fully saturated rings. The fourth-order valence-electron chi connectivity index (χ4n) is 2.65. The molecule has 0 heterocycles. The first-order valence-electron chi connectivity index (χ1n) is 6.99. The van der Waals surface area contributed by atoms with Crippen LogP contribution < -0.4 is 10.6 Å². The highest BCUT2D eigenvalue weighted by Gasteiger charge is 2.29. The van der Waals surface area contributed by atoms with Crippen LogP contribution in [0.15, 0.2) is 30.3 Å². The van der Waals surface area contributed by atoms with Gasteiger partial charge in [-0.05, 0) is 24.7 Å². The molecule has 1 saturated carbocycles. The van der Waals surface area contributed by atoms with Crippen LogP contribution in [0.25, 0.3) is 0 Å². The Hall–Kier alpha value is -1.69. The van der Waals surface area contributed by atoms with E-state index in [1.807, 2.05) is 12.3 Å². The van der Waals surface area contributed by atoms with Crippen LogP contribution in [0.1, 0.15) is 30.9 Å². The summed E-state index contributed by atoms with van der Waals surface area (Å²) in [7, 11) is 0. The van der Waals surface area contributed by atoms with Gasteiger partial charge in [-0.2, -0.15) is 11.8 Å². The normalized spacial score (nSPS) is 22.5. The van der Waals surface area contributed by atoms with Crippen LogP contribution in [-0.2, 0) is 4.79 Å². The van der Waals surface area contributed by atoms with Gasteiger partial charge in [0.2, 0.25) is 0 Å². The third kappa shape index (κ3) is 4.14. The molecule has 0 aliphatic heterocycles. The predicted octanol–water partition coefficient (Wildman–Crippen LogP) is 2.40. The Morgan fingerprint density at radius 1 is 1.29 bits per heavy atom. The van der Waals surface area contributed by atoms with E-state index in [9.17, 15) is 14.7 Å². The van der Waals surface area contributed by atoms with Crippen molar-refractivity contribution in [2.45, 2.75) is 36.6 Å². The molecule has 5 nitrogen and oxygen atoms in total. The van der Waals surface area contributed by atoms with Crippen LogP contribution in [0.2, 0.25) is 0 Å². The standard InChI is InChI=1S/C15H20N2O3S/c1-21-12-9-5-8-11(12)16-15(20)17-13(14(18)19)10-6-3-2-4-7-10/h2-4,6-7,11-13H,5,8-9H2,1H3,(H,18,19)(H2,16,17,20)/t11?,12?,13-/m1/s1. The molecule has 114 valence electrons. The number of hydrogen-bond acceptors (Lipinski definition) is 3. The number of rotatable bonds is 5. The van der Waals surface area contributed by atoms with Gasteiger partial charge in [0.1, 0.15) is 0 Å². The summed E-state index contributed by atoms with van der Waals surface area (Å²) in [6.45, 7) is 0. The molecule has 0 bridgehead atoms. The molecule has 2 unspecified atom stereocenters. The minimum absolute atomic E-state index is 0.116. The van der Waals surface area contributed by atoms with E-state index in [0.29, 0.717) is 10.8 Å². The summed E-state index contributed by atoms with van der Waals surface area (Å²) < 4.78 is 0. The molecule has 0 spiro atoms. The van der Waals surface area contributed by atoms with E-state index in [4.69, 9.17) is 0 Å². The van der Waals surface area contributed by atoms with E-state index in [2.05, 4.69) is 10.6 Å².